The summed E-state index contributed by atoms with van der Waals surface area (Å²) in [6.07, 6.45) is 2.39. The summed E-state index contributed by atoms with van der Waals surface area (Å²) in [5.41, 5.74) is 3.71. The van der Waals surface area contributed by atoms with E-state index in [0.29, 0.717) is 18.7 Å². The quantitative estimate of drug-likeness (QED) is 0.640. The smallest absolute Gasteiger partial charge is 0.257 e. The maximum Gasteiger partial charge on any atom is 0.257 e. The average Bonchev–Trinajstić information content (AvgIpc) is 3.12. The minimum Gasteiger partial charge on any atom is -0.492 e. The Morgan fingerprint density at radius 2 is 1.81 bits per heavy atom. The monoisotopic (exact) mass is 363 g/mol. The second kappa shape index (κ2) is 8.54. The molecule has 0 aliphatic rings. The van der Waals surface area contributed by atoms with Gasteiger partial charge in [-0.05, 0) is 37.6 Å². The van der Waals surface area contributed by atoms with Gasteiger partial charge in [0.15, 0.2) is 0 Å². The van der Waals surface area contributed by atoms with Gasteiger partial charge in [0.25, 0.3) is 5.91 Å². The molecule has 1 aromatic heterocycles. The van der Waals surface area contributed by atoms with Crippen molar-refractivity contribution in [3.63, 3.8) is 0 Å². The molecular formula is C22H25N3O2. The van der Waals surface area contributed by atoms with E-state index in [4.69, 9.17) is 4.74 Å². The Hall–Kier alpha value is -3.08. The second-order valence-electron chi connectivity index (χ2n) is 6.49. The summed E-state index contributed by atoms with van der Waals surface area (Å²) in [6.45, 7) is 5.04. The fraction of sp³-hybridized carbons (Fsp3) is 0.273. The summed E-state index contributed by atoms with van der Waals surface area (Å²) in [4.78, 5) is 14.6. The topological polar surface area (TPSA) is 47.4 Å². The highest BCUT2D eigenvalue weighted by molar-refractivity contribution is 5.95. The van der Waals surface area contributed by atoms with Gasteiger partial charge < -0.3 is 9.64 Å². The highest BCUT2D eigenvalue weighted by Gasteiger charge is 2.20. The molecule has 0 saturated carbocycles. The van der Waals surface area contributed by atoms with Crippen molar-refractivity contribution in [3.8, 4) is 11.4 Å². The van der Waals surface area contributed by atoms with Crippen LogP contribution in [-0.2, 0) is 6.42 Å². The zero-order valence-corrected chi connectivity index (χ0v) is 16.1. The number of amides is 1. The third-order valence-electron chi connectivity index (χ3n) is 4.50. The molecule has 2 aromatic carbocycles. The van der Waals surface area contributed by atoms with Gasteiger partial charge in [-0.15, -0.1) is 0 Å². The number of ether oxygens (including phenoxy) is 1. The molecule has 140 valence electrons. The van der Waals surface area contributed by atoms with Crippen LogP contribution in [-0.4, -0.2) is 40.8 Å². The van der Waals surface area contributed by atoms with Crippen LogP contribution in [0.4, 0.5) is 0 Å². The van der Waals surface area contributed by atoms with Crippen LogP contribution < -0.4 is 4.74 Å². The maximum absolute atomic E-state index is 12.9. The van der Waals surface area contributed by atoms with Crippen LogP contribution in [0.15, 0.2) is 60.8 Å². The molecule has 1 amide bonds. The Labute approximate surface area is 160 Å². The first-order valence-electron chi connectivity index (χ1n) is 9.17. The van der Waals surface area contributed by atoms with E-state index < -0.39 is 0 Å². The van der Waals surface area contributed by atoms with Crippen molar-refractivity contribution in [2.75, 3.05) is 20.2 Å². The third-order valence-corrected chi connectivity index (χ3v) is 4.50. The molecule has 3 rings (SSSR count). The summed E-state index contributed by atoms with van der Waals surface area (Å²) in [5.74, 6) is 0.765. The van der Waals surface area contributed by atoms with Gasteiger partial charge in [0.05, 0.1) is 29.7 Å². The highest BCUT2D eigenvalue weighted by Crippen LogP contribution is 2.18. The van der Waals surface area contributed by atoms with Gasteiger partial charge in [-0.2, -0.15) is 5.10 Å². The molecule has 0 bridgehead atoms. The van der Waals surface area contributed by atoms with E-state index >= 15 is 0 Å². The van der Waals surface area contributed by atoms with Crippen LogP contribution in [0.25, 0.3) is 5.69 Å². The van der Waals surface area contributed by atoms with Gasteiger partial charge in [-0.3, -0.25) is 4.79 Å². The number of hydrogen-bond donors (Lipinski definition) is 0. The first kappa shape index (κ1) is 18.7. The van der Waals surface area contributed by atoms with Crippen molar-refractivity contribution >= 4 is 5.91 Å². The SMILES string of the molecule is CCc1c(C(=O)N(C)CCOc2ccccc2)cnn1-c1ccc(C)cc1. The first-order chi connectivity index (χ1) is 13.1. The molecule has 0 spiro atoms. The maximum atomic E-state index is 12.9. The fourth-order valence-corrected chi connectivity index (χ4v) is 2.93. The molecule has 0 N–H and O–H groups in total. The molecule has 0 saturated heterocycles. The number of likely N-dealkylation sites (N-methyl/N-ethyl adjacent to an activating group) is 1. The number of carbonyl (C=O) groups excluding carboxylic acids is 1. The number of benzene rings is 2. The van der Waals surface area contributed by atoms with Crippen molar-refractivity contribution in [2.45, 2.75) is 20.3 Å². The molecule has 0 aliphatic carbocycles. The molecule has 0 fully saturated rings. The van der Waals surface area contributed by atoms with Crippen LogP contribution >= 0.6 is 0 Å². The minimum absolute atomic E-state index is 0.0399. The number of rotatable bonds is 7. The molecule has 27 heavy (non-hydrogen) atoms. The summed E-state index contributed by atoms with van der Waals surface area (Å²) < 4.78 is 7.54. The minimum atomic E-state index is -0.0399. The number of nitrogens with zero attached hydrogens (tertiary/aromatic N) is 3. The number of carbonyl (C=O) groups is 1. The standard InChI is InChI=1S/C22H25N3O2/c1-4-21-20(16-23-25(21)18-12-10-17(2)11-13-18)22(26)24(3)14-15-27-19-8-6-5-7-9-19/h5-13,16H,4,14-15H2,1-3H3. The summed E-state index contributed by atoms with van der Waals surface area (Å²) in [6, 6.07) is 17.7. The molecule has 3 aromatic rings. The van der Waals surface area contributed by atoms with Gasteiger partial charge in [0.2, 0.25) is 0 Å². The van der Waals surface area contributed by atoms with E-state index in [1.54, 1.807) is 18.1 Å². The van der Waals surface area contributed by atoms with Crippen LogP contribution in [0.5, 0.6) is 5.75 Å². The molecule has 5 heteroatoms. The molecule has 1 heterocycles. The molecule has 5 nitrogen and oxygen atoms in total. The number of hydrogen-bond acceptors (Lipinski definition) is 3. The molecule has 0 aliphatic heterocycles. The second-order valence-corrected chi connectivity index (χ2v) is 6.49. The van der Waals surface area contributed by atoms with Crippen LogP contribution in [0.1, 0.15) is 28.5 Å². The van der Waals surface area contributed by atoms with E-state index in [-0.39, 0.29) is 5.91 Å². The Kier molecular flexibility index (Phi) is 5.91. The van der Waals surface area contributed by atoms with Crippen LogP contribution in [0, 0.1) is 6.92 Å². The van der Waals surface area contributed by atoms with Crippen molar-refractivity contribution in [1.82, 2.24) is 14.7 Å². The van der Waals surface area contributed by atoms with Gasteiger partial charge >= 0.3 is 0 Å². The van der Waals surface area contributed by atoms with E-state index in [1.807, 2.05) is 66.2 Å². The van der Waals surface area contributed by atoms with Crippen molar-refractivity contribution in [3.05, 3.63) is 77.6 Å². The summed E-state index contributed by atoms with van der Waals surface area (Å²) >= 11 is 0. The predicted molar refractivity (Wildman–Crippen MR) is 107 cm³/mol. The van der Waals surface area contributed by atoms with Gasteiger partial charge in [-0.1, -0.05) is 42.8 Å². The van der Waals surface area contributed by atoms with E-state index in [0.717, 1.165) is 23.6 Å². The van der Waals surface area contributed by atoms with Crippen molar-refractivity contribution in [2.24, 2.45) is 0 Å². The van der Waals surface area contributed by atoms with Crippen LogP contribution in [0.3, 0.4) is 0 Å². The van der Waals surface area contributed by atoms with Crippen molar-refractivity contribution < 1.29 is 9.53 Å². The Morgan fingerprint density at radius 3 is 2.48 bits per heavy atom. The van der Waals surface area contributed by atoms with Gasteiger partial charge in [0, 0.05) is 7.05 Å². The lowest BCUT2D eigenvalue weighted by atomic mass is 10.1. The number of aromatic nitrogens is 2. The lowest BCUT2D eigenvalue weighted by Crippen LogP contribution is -2.31. The lowest BCUT2D eigenvalue weighted by Gasteiger charge is -2.18. The predicted octanol–water partition coefficient (Wildman–Crippen LogP) is 3.89. The molecular weight excluding hydrogens is 338 g/mol. The largest absolute Gasteiger partial charge is 0.492 e. The molecule has 0 atom stereocenters. The molecule has 0 unspecified atom stereocenters. The number of aryl methyl sites for hydroxylation is 1. The fourth-order valence-electron chi connectivity index (χ4n) is 2.93. The first-order valence-corrected chi connectivity index (χ1v) is 9.17. The lowest BCUT2D eigenvalue weighted by molar-refractivity contribution is 0.0772. The van der Waals surface area contributed by atoms with Gasteiger partial charge in [-0.25, -0.2) is 4.68 Å². The average molecular weight is 363 g/mol. The third kappa shape index (κ3) is 4.37. The van der Waals surface area contributed by atoms with E-state index in [9.17, 15) is 4.79 Å². The van der Waals surface area contributed by atoms with E-state index in [2.05, 4.69) is 12.0 Å². The van der Waals surface area contributed by atoms with E-state index in [1.165, 1.54) is 5.56 Å². The normalized spacial score (nSPS) is 10.6. The Morgan fingerprint density at radius 1 is 1.11 bits per heavy atom. The summed E-state index contributed by atoms with van der Waals surface area (Å²) in [7, 11) is 1.79. The zero-order valence-electron chi connectivity index (χ0n) is 16.1. The van der Waals surface area contributed by atoms with Crippen molar-refractivity contribution in [1.29, 1.82) is 0 Å². The zero-order chi connectivity index (χ0) is 19.2. The Bertz CT molecular complexity index is 886. The number of para-hydroxylation sites is 1. The highest BCUT2D eigenvalue weighted by atomic mass is 16.5. The van der Waals surface area contributed by atoms with Gasteiger partial charge in [0.1, 0.15) is 12.4 Å². The summed E-state index contributed by atoms with van der Waals surface area (Å²) in [5, 5.41) is 4.46. The van der Waals surface area contributed by atoms with Crippen LogP contribution in [0.2, 0.25) is 0 Å². The Balaban J connectivity index is 1.69. The molecule has 0 radical (unpaired) electrons.